The number of hydrogen-bond acceptors (Lipinski definition) is 6. The van der Waals surface area contributed by atoms with Crippen molar-refractivity contribution in [1.29, 1.82) is 0 Å². The summed E-state index contributed by atoms with van der Waals surface area (Å²) in [6, 6.07) is 0.367. The number of piperidine rings is 1. The second kappa shape index (κ2) is 6.27. The monoisotopic (exact) mass is 310 g/mol. The van der Waals surface area contributed by atoms with E-state index >= 15 is 0 Å². The smallest absolute Gasteiger partial charge is 0.293 e. The van der Waals surface area contributed by atoms with E-state index in [-0.39, 0.29) is 5.92 Å². The molecule has 6 nitrogen and oxygen atoms in total. The fourth-order valence-corrected chi connectivity index (χ4v) is 4.06. The Kier molecular flexibility index (Phi) is 4.40. The minimum atomic E-state index is 0.158. The number of methoxy groups -OCH3 is 1. The summed E-state index contributed by atoms with van der Waals surface area (Å²) in [5.74, 6) is 0.510. The lowest BCUT2D eigenvalue weighted by Gasteiger charge is -2.35. The maximum Gasteiger partial charge on any atom is 0.293 e. The summed E-state index contributed by atoms with van der Waals surface area (Å²) < 4.78 is 5.09. The van der Waals surface area contributed by atoms with Crippen molar-refractivity contribution in [1.82, 2.24) is 20.0 Å². The van der Waals surface area contributed by atoms with E-state index in [2.05, 4.69) is 26.9 Å². The SMILES string of the molecule is CCCN1C(=O)[C@H]2CC[C@@H]1CN(Cc1nnc(OC)s1)C2. The van der Waals surface area contributed by atoms with E-state index in [9.17, 15) is 4.79 Å². The average Bonchev–Trinajstić information content (AvgIpc) is 2.78. The van der Waals surface area contributed by atoms with Gasteiger partial charge in [-0.3, -0.25) is 9.69 Å². The molecule has 4 heterocycles. The molecule has 3 fully saturated rings. The third-order valence-electron chi connectivity index (χ3n) is 4.32. The molecule has 0 aliphatic carbocycles. The van der Waals surface area contributed by atoms with Crippen LogP contribution in [0.4, 0.5) is 0 Å². The molecular formula is C14H22N4O2S. The molecule has 7 heteroatoms. The first-order valence-corrected chi connectivity index (χ1v) is 8.42. The second-order valence-corrected chi connectivity index (χ2v) is 6.84. The maximum atomic E-state index is 12.5. The van der Waals surface area contributed by atoms with Crippen LogP contribution in [0.3, 0.4) is 0 Å². The van der Waals surface area contributed by atoms with E-state index in [1.165, 1.54) is 11.3 Å². The largest absolute Gasteiger partial charge is 0.472 e. The summed E-state index contributed by atoms with van der Waals surface area (Å²) in [6.07, 6.45) is 3.19. The average molecular weight is 310 g/mol. The third kappa shape index (κ3) is 3.03. The van der Waals surface area contributed by atoms with Crippen molar-refractivity contribution in [3.8, 4) is 5.19 Å². The molecule has 3 aliphatic heterocycles. The van der Waals surface area contributed by atoms with Crippen LogP contribution >= 0.6 is 11.3 Å². The quantitative estimate of drug-likeness (QED) is 0.822. The number of carbonyl (C=O) groups excluding carboxylic acids is 1. The maximum absolute atomic E-state index is 12.5. The molecule has 116 valence electrons. The van der Waals surface area contributed by atoms with Gasteiger partial charge in [-0.15, -0.1) is 10.2 Å². The van der Waals surface area contributed by atoms with Crippen LogP contribution in [0.1, 0.15) is 31.2 Å². The van der Waals surface area contributed by atoms with E-state index < -0.39 is 0 Å². The zero-order chi connectivity index (χ0) is 14.8. The predicted molar refractivity (Wildman–Crippen MR) is 80.3 cm³/mol. The van der Waals surface area contributed by atoms with E-state index in [0.717, 1.165) is 50.4 Å². The molecule has 0 N–H and O–H groups in total. The second-order valence-electron chi connectivity index (χ2n) is 5.82. The van der Waals surface area contributed by atoms with Gasteiger partial charge in [0.05, 0.1) is 19.6 Å². The van der Waals surface area contributed by atoms with Gasteiger partial charge in [0.15, 0.2) is 0 Å². The Labute approximate surface area is 129 Å². The lowest BCUT2D eigenvalue weighted by molar-refractivity contribution is -0.139. The lowest BCUT2D eigenvalue weighted by atomic mass is 9.94. The van der Waals surface area contributed by atoms with Crippen molar-refractivity contribution in [2.24, 2.45) is 5.92 Å². The summed E-state index contributed by atoms with van der Waals surface area (Å²) in [7, 11) is 1.61. The first-order valence-electron chi connectivity index (χ1n) is 7.60. The highest BCUT2D eigenvalue weighted by molar-refractivity contribution is 7.13. The summed E-state index contributed by atoms with van der Waals surface area (Å²) in [4.78, 5) is 17.0. The van der Waals surface area contributed by atoms with Crippen LogP contribution in [0.2, 0.25) is 0 Å². The predicted octanol–water partition coefficient (Wildman–Crippen LogP) is 1.38. The molecule has 3 saturated heterocycles. The molecule has 0 aromatic carbocycles. The third-order valence-corrected chi connectivity index (χ3v) is 5.18. The molecule has 0 saturated carbocycles. The van der Waals surface area contributed by atoms with Gasteiger partial charge in [-0.2, -0.15) is 0 Å². The molecular weight excluding hydrogens is 288 g/mol. The van der Waals surface area contributed by atoms with Crippen LogP contribution in [0, 0.1) is 5.92 Å². The molecule has 1 amide bonds. The van der Waals surface area contributed by atoms with Crippen molar-refractivity contribution in [2.45, 2.75) is 38.8 Å². The molecule has 2 atom stereocenters. The van der Waals surface area contributed by atoms with Crippen molar-refractivity contribution in [2.75, 3.05) is 26.7 Å². The molecule has 3 aliphatic rings. The van der Waals surface area contributed by atoms with Gasteiger partial charge >= 0.3 is 0 Å². The van der Waals surface area contributed by atoms with Gasteiger partial charge in [-0.1, -0.05) is 18.3 Å². The van der Waals surface area contributed by atoms with Gasteiger partial charge in [-0.05, 0) is 19.3 Å². The first-order chi connectivity index (χ1) is 10.2. The zero-order valence-corrected chi connectivity index (χ0v) is 13.4. The summed E-state index contributed by atoms with van der Waals surface area (Å²) in [5, 5.41) is 9.70. The number of amides is 1. The van der Waals surface area contributed by atoms with Gasteiger partial charge in [-0.25, -0.2) is 0 Å². The van der Waals surface area contributed by atoms with Gasteiger partial charge < -0.3 is 9.64 Å². The Morgan fingerprint density at radius 3 is 2.90 bits per heavy atom. The number of rotatable bonds is 5. The minimum absolute atomic E-state index is 0.158. The van der Waals surface area contributed by atoms with Crippen molar-refractivity contribution in [3.63, 3.8) is 0 Å². The number of hydrogen-bond donors (Lipinski definition) is 0. The highest BCUT2D eigenvalue weighted by Gasteiger charge is 2.40. The Bertz CT molecular complexity index is 507. The molecule has 2 bridgehead atoms. The van der Waals surface area contributed by atoms with Crippen LogP contribution in [-0.2, 0) is 11.3 Å². The Balaban J connectivity index is 1.70. The van der Waals surface area contributed by atoms with Gasteiger partial charge in [0.1, 0.15) is 5.01 Å². The molecule has 21 heavy (non-hydrogen) atoms. The van der Waals surface area contributed by atoms with E-state index in [1.807, 2.05) is 0 Å². The molecule has 1 aromatic heterocycles. The molecule has 0 unspecified atom stereocenters. The molecule has 0 spiro atoms. The summed E-state index contributed by atoms with van der Waals surface area (Å²) >= 11 is 1.48. The van der Waals surface area contributed by atoms with Crippen molar-refractivity contribution in [3.05, 3.63) is 5.01 Å². The highest BCUT2D eigenvalue weighted by Crippen LogP contribution is 2.30. The van der Waals surface area contributed by atoms with E-state index in [4.69, 9.17) is 4.74 Å². The minimum Gasteiger partial charge on any atom is -0.472 e. The molecule has 0 radical (unpaired) electrons. The van der Waals surface area contributed by atoms with Crippen LogP contribution < -0.4 is 4.74 Å². The molecule has 1 aromatic rings. The van der Waals surface area contributed by atoms with Crippen LogP contribution in [0.15, 0.2) is 0 Å². The number of nitrogens with zero attached hydrogens (tertiary/aromatic N) is 4. The first kappa shape index (κ1) is 14.7. The van der Waals surface area contributed by atoms with E-state index in [0.29, 0.717) is 17.1 Å². The van der Waals surface area contributed by atoms with Gasteiger partial charge in [0, 0.05) is 25.7 Å². The number of ether oxygens (including phenoxy) is 1. The summed E-state index contributed by atoms with van der Waals surface area (Å²) in [6.45, 7) is 5.58. The fourth-order valence-electron chi connectivity index (χ4n) is 3.37. The Morgan fingerprint density at radius 2 is 2.19 bits per heavy atom. The number of aromatic nitrogens is 2. The zero-order valence-electron chi connectivity index (χ0n) is 12.6. The number of carbonyl (C=O) groups is 1. The number of fused-ring (bicyclic) bond motifs is 4. The Morgan fingerprint density at radius 1 is 1.33 bits per heavy atom. The standard InChI is InChI=1S/C14H22N4O2S/c1-3-6-18-11-5-4-10(13(18)19)7-17(8-11)9-12-15-16-14(20-2)21-12/h10-11H,3-9H2,1-2H3/t10-,11+/m0/s1. The Hall–Kier alpha value is -1.21. The normalized spacial score (nSPS) is 26.2. The molecule has 4 rings (SSSR count). The van der Waals surface area contributed by atoms with Crippen LogP contribution in [0.25, 0.3) is 0 Å². The topological polar surface area (TPSA) is 58.6 Å². The van der Waals surface area contributed by atoms with Crippen molar-refractivity contribution >= 4 is 17.2 Å². The lowest BCUT2D eigenvalue weighted by Crippen LogP contribution is -2.48. The van der Waals surface area contributed by atoms with Crippen molar-refractivity contribution < 1.29 is 9.53 Å². The van der Waals surface area contributed by atoms with Gasteiger partial charge in [0.25, 0.3) is 5.19 Å². The van der Waals surface area contributed by atoms with E-state index in [1.54, 1.807) is 7.11 Å². The van der Waals surface area contributed by atoms with Crippen LogP contribution in [-0.4, -0.2) is 58.7 Å². The van der Waals surface area contributed by atoms with Crippen LogP contribution in [0.5, 0.6) is 5.19 Å². The fraction of sp³-hybridized carbons (Fsp3) is 0.786. The van der Waals surface area contributed by atoms with Gasteiger partial charge in [0.2, 0.25) is 5.91 Å². The highest BCUT2D eigenvalue weighted by atomic mass is 32.1. The summed E-state index contributed by atoms with van der Waals surface area (Å²) in [5.41, 5.74) is 0.